The molecule has 1 heterocycles. The van der Waals surface area contributed by atoms with Gasteiger partial charge in [-0.1, -0.05) is 0 Å². The van der Waals surface area contributed by atoms with Crippen molar-refractivity contribution < 1.29 is 19.1 Å². The summed E-state index contributed by atoms with van der Waals surface area (Å²) in [5, 5.41) is 3.15. The third-order valence-electron chi connectivity index (χ3n) is 4.27. The van der Waals surface area contributed by atoms with Crippen LogP contribution >= 0.6 is 0 Å². The fourth-order valence-electron chi connectivity index (χ4n) is 3.30. The molecule has 0 bridgehead atoms. The molecule has 1 aliphatic rings. The van der Waals surface area contributed by atoms with E-state index in [1.54, 1.807) is 26.4 Å². The molecule has 1 aliphatic heterocycles. The SMILES string of the molecule is COc1ccc(OC)c(C2C(C(C)=O)=C(C)NC(C)=C2C(C)=O)c1. The maximum absolute atomic E-state index is 12.3. The molecule has 5 heteroatoms. The summed E-state index contributed by atoms with van der Waals surface area (Å²) in [5.74, 6) is 0.611. The van der Waals surface area contributed by atoms with E-state index in [2.05, 4.69) is 5.32 Å². The number of nitrogens with one attached hydrogen (secondary N) is 1. The third kappa shape index (κ3) is 3.07. The lowest BCUT2D eigenvalue weighted by molar-refractivity contribution is -0.114. The number of hydrogen-bond donors (Lipinski definition) is 1. The minimum atomic E-state index is -0.480. The van der Waals surface area contributed by atoms with Crippen LogP contribution in [0.2, 0.25) is 0 Å². The molecular formula is C19H23NO4. The molecule has 0 saturated carbocycles. The van der Waals surface area contributed by atoms with E-state index in [4.69, 9.17) is 9.47 Å². The number of methoxy groups -OCH3 is 2. The number of hydrogen-bond acceptors (Lipinski definition) is 5. The van der Waals surface area contributed by atoms with Crippen LogP contribution in [0.3, 0.4) is 0 Å². The van der Waals surface area contributed by atoms with Crippen LogP contribution in [0.5, 0.6) is 11.5 Å². The van der Waals surface area contributed by atoms with E-state index < -0.39 is 5.92 Å². The number of ether oxygens (including phenoxy) is 2. The zero-order valence-corrected chi connectivity index (χ0v) is 14.9. The second-order valence-electron chi connectivity index (χ2n) is 5.86. The number of Topliss-reactive ketones (excluding diaryl/α,β-unsaturated/α-hetero) is 2. The molecule has 5 nitrogen and oxygen atoms in total. The largest absolute Gasteiger partial charge is 0.497 e. The Bertz CT molecular complexity index is 723. The standard InChI is InChI=1S/C19H23NO4/c1-10-17(12(3)21)19(18(13(4)22)11(2)20-10)15-9-14(23-5)7-8-16(15)24-6/h7-9,19-20H,1-6H3. The van der Waals surface area contributed by atoms with E-state index >= 15 is 0 Å². The van der Waals surface area contributed by atoms with Crippen LogP contribution in [0, 0.1) is 0 Å². The number of carbonyl (C=O) groups is 2. The monoisotopic (exact) mass is 329 g/mol. The second kappa shape index (κ2) is 6.91. The number of ketones is 2. The number of carbonyl (C=O) groups excluding carboxylic acids is 2. The van der Waals surface area contributed by atoms with E-state index in [0.29, 0.717) is 22.6 Å². The normalized spacial score (nSPS) is 15.2. The molecule has 0 saturated heterocycles. The van der Waals surface area contributed by atoms with Gasteiger partial charge in [0.25, 0.3) is 0 Å². The molecule has 128 valence electrons. The highest BCUT2D eigenvalue weighted by Crippen LogP contribution is 2.43. The lowest BCUT2D eigenvalue weighted by Crippen LogP contribution is -2.30. The van der Waals surface area contributed by atoms with Crippen LogP contribution in [0.15, 0.2) is 40.7 Å². The summed E-state index contributed by atoms with van der Waals surface area (Å²) in [6, 6.07) is 5.40. The average molecular weight is 329 g/mol. The van der Waals surface area contributed by atoms with Crippen molar-refractivity contribution in [3.63, 3.8) is 0 Å². The minimum Gasteiger partial charge on any atom is -0.497 e. The van der Waals surface area contributed by atoms with Gasteiger partial charge in [-0.2, -0.15) is 0 Å². The van der Waals surface area contributed by atoms with Crippen molar-refractivity contribution in [3.8, 4) is 11.5 Å². The highest BCUT2D eigenvalue weighted by atomic mass is 16.5. The lowest BCUT2D eigenvalue weighted by Gasteiger charge is -2.31. The van der Waals surface area contributed by atoms with Crippen LogP contribution in [0.1, 0.15) is 39.2 Å². The van der Waals surface area contributed by atoms with E-state index in [0.717, 1.165) is 17.0 Å². The van der Waals surface area contributed by atoms with Crippen molar-refractivity contribution in [1.82, 2.24) is 5.32 Å². The molecule has 0 radical (unpaired) electrons. The Kier molecular flexibility index (Phi) is 5.12. The summed E-state index contributed by atoms with van der Waals surface area (Å²) in [7, 11) is 3.15. The maximum atomic E-state index is 12.3. The predicted molar refractivity (Wildman–Crippen MR) is 92.2 cm³/mol. The van der Waals surface area contributed by atoms with Gasteiger partial charge in [-0.25, -0.2) is 0 Å². The summed E-state index contributed by atoms with van der Waals surface area (Å²) in [4.78, 5) is 24.6. The zero-order chi connectivity index (χ0) is 18.0. The molecule has 24 heavy (non-hydrogen) atoms. The van der Waals surface area contributed by atoms with Gasteiger partial charge in [-0.15, -0.1) is 0 Å². The molecule has 0 fully saturated rings. The predicted octanol–water partition coefficient (Wildman–Crippen LogP) is 3.12. The van der Waals surface area contributed by atoms with Crippen LogP contribution in [-0.2, 0) is 9.59 Å². The summed E-state index contributed by atoms with van der Waals surface area (Å²) in [5.41, 5.74) is 3.38. The van der Waals surface area contributed by atoms with Gasteiger partial charge in [-0.05, 0) is 45.9 Å². The smallest absolute Gasteiger partial charge is 0.158 e. The third-order valence-corrected chi connectivity index (χ3v) is 4.27. The molecule has 2 rings (SSSR count). The Morgan fingerprint density at radius 1 is 0.958 bits per heavy atom. The molecule has 1 aromatic carbocycles. The molecular weight excluding hydrogens is 306 g/mol. The quantitative estimate of drug-likeness (QED) is 0.899. The van der Waals surface area contributed by atoms with Crippen molar-refractivity contribution >= 4 is 11.6 Å². The Labute approximate surface area is 142 Å². The molecule has 0 aliphatic carbocycles. The first-order valence-corrected chi connectivity index (χ1v) is 7.74. The first-order chi connectivity index (χ1) is 11.3. The lowest BCUT2D eigenvalue weighted by atomic mass is 9.77. The molecule has 1 aromatic rings. The molecule has 0 amide bonds. The van der Waals surface area contributed by atoms with Crippen LogP contribution in [-0.4, -0.2) is 25.8 Å². The number of benzene rings is 1. The summed E-state index contributed by atoms with van der Waals surface area (Å²) in [6.07, 6.45) is 0. The Morgan fingerprint density at radius 3 is 1.92 bits per heavy atom. The molecule has 0 atom stereocenters. The fraction of sp³-hybridized carbons (Fsp3) is 0.368. The van der Waals surface area contributed by atoms with Crippen molar-refractivity contribution in [2.75, 3.05) is 14.2 Å². The average Bonchev–Trinajstić information content (AvgIpc) is 2.52. The number of dihydropyridines is 1. The van der Waals surface area contributed by atoms with Gasteiger partial charge in [-0.3, -0.25) is 9.59 Å². The van der Waals surface area contributed by atoms with Crippen LogP contribution < -0.4 is 14.8 Å². The van der Waals surface area contributed by atoms with E-state index in [1.807, 2.05) is 19.9 Å². The summed E-state index contributed by atoms with van der Waals surface area (Å²) in [6.45, 7) is 6.71. The maximum Gasteiger partial charge on any atom is 0.158 e. The zero-order valence-electron chi connectivity index (χ0n) is 14.9. The highest BCUT2D eigenvalue weighted by molar-refractivity contribution is 6.03. The van der Waals surface area contributed by atoms with E-state index in [-0.39, 0.29) is 11.6 Å². The van der Waals surface area contributed by atoms with Crippen molar-refractivity contribution in [3.05, 3.63) is 46.3 Å². The van der Waals surface area contributed by atoms with Crippen molar-refractivity contribution in [2.24, 2.45) is 0 Å². The Hall–Kier alpha value is -2.56. The molecule has 0 unspecified atom stereocenters. The fourth-order valence-corrected chi connectivity index (χ4v) is 3.30. The summed E-state index contributed by atoms with van der Waals surface area (Å²) >= 11 is 0. The van der Waals surface area contributed by atoms with E-state index in [9.17, 15) is 9.59 Å². The van der Waals surface area contributed by atoms with Gasteiger partial charge in [0.1, 0.15) is 11.5 Å². The van der Waals surface area contributed by atoms with Gasteiger partial charge in [0.15, 0.2) is 11.6 Å². The molecule has 1 N–H and O–H groups in total. The molecule has 0 spiro atoms. The van der Waals surface area contributed by atoms with Crippen molar-refractivity contribution in [2.45, 2.75) is 33.6 Å². The minimum absolute atomic E-state index is 0.0823. The first-order valence-electron chi connectivity index (χ1n) is 7.74. The highest BCUT2D eigenvalue weighted by Gasteiger charge is 2.35. The number of rotatable bonds is 5. The number of allylic oxidation sites excluding steroid dienone is 4. The van der Waals surface area contributed by atoms with Gasteiger partial charge in [0.2, 0.25) is 0 Å². The molecule has 0 aromatic heterocycles. The first kappa shape index (κ1) is 17.8. The summed E-state index contributed by atoms with van der Waals surface area (Å²) < 4.78 is 10.8. The van der Waals surface area contributed by atoms with Gasteiger partial charge in [0, 0.05) is 34.0 Å². The van der Waals surface area contributed by atoms with Crippen molar-refractivity contribution in [1.29, 1.82) is 0 Å². The van der Waals surface area contributed by atoms with Crippen LogP contribution in [0.4, 0.5) is 0 Å². The Balaban J connectivity index is 2.80. The topological polar surface area (TPSA) is 64.6 Å². The Morgan fingerprint density at radius 2 is 1.50 bits per heavy atom. The van der Waals surface area contributed by atoms with Gasteiger partial charge < -0.3 is 14.8 Å². The second-order valence-corrected chi connectivity index (χ2v) is 5.86. The van der Waals surface area contributed by atoms with Gasteiger partial charge >= 0.3 is 0 Å². The van der Waals surface area contributed by atoms with Crippen LogP contribution in [0.25, 0.3) is 0 Å². The van der Waals surface area contributed by atoms with Gasteiger partial charge in [0.05, 0.1) is 14.2 Å². The van der Waals surface area contributed by atoms with E-state index in [1.165, 1.54) is 13.8 Å².